The molecule has 0 saturated heterocycles. The highest BCUT2D eigenvalue weighted by atomic mass is 14.9. The quantitative estimate of drug-likeness (QED) is 0.858. The van der Waals surface area contributed by atoms with E-state index in [1.165, 1.54) is 22.0 Å². The van der Waals surface area contributed by atoms with Crippen molar-refractivity contribution in [1.29, 1.82) is 0 Å². The lowest BCUT2D eigenvalue weighted by Gasteiger charge is -2.04. The van der Waals surface area contributed by atoms with Gasteiger partial charge in [0, 0.05) is 29.7 Å². The highest BCUT2D eigenvalue weighted by Crippen LogP contribution is 2.26. The highest BCUT2D eigenvalue weighted by Gasteiger charge is 2.09. The minimum atomic E-state index is 0.277. The van der Waals surface area contributed by atoms with Gasteiger partial charge in [-0.15, -0.1) is 0 Å². The van der Waals surface area contributed by atoms with Crippen LogP contribution in [-0.4, -0.2) is 10.6 Å². The second-order valence-electron chi connectivity index (χ2n) is 4.93. The van der Waals surface area contributed by atoms with E-state index in [4.69, 9.17) is 5.73 Å². The third-order valence-electron chi connectivity index (χ3n) is 3.40. The van der Waals surface area contributed by atoms with Crippen LogP contribution in [0.25, 0.3) is 10.9 Å². The molecule has 0 radical (unpaired) electrons. The molecule has 0 aliphatic heterocycles. The van der Waals surface area contributed by atoms with Crippen molar-refractivity contribution in [3.63, 3.8) is 0 Å². The maximum absolute atomic E-state index is 5.85. The lowest BCUT2D eigenvalue weighted by Crippen LogP contribution is -2.15. The SMILES string of the molecule is CCn1cc(CC[C@H](C)N)c2c(C)cccc21. The van der Waals surface area contributed by atoms with Crippen LogP contribution in [0, 0.1) is 6.92 Å². The molecule has 1 aromatic carbocycles. The summed E-state index contributed by atoms with van der Waals surface area (Å²) in [4.78, 5) is 0. The molecule has 0 aliphatic rings. The van der Waals surface area contributed by atoms with Crippen LogP contribution in [0.3, 0.4) is 0 Å². The molecule has 0 aliphatic carbocycles. The van der Waals surface area contributed by atoms with Gasteiger partial charge in [0.25, 0.3) is 0 Å². The van der Waals surface area contributed by atoms with Crippen molar-refractivity contribution in [3.8, 4) is 0 Å². The van der Waals surface area contributed by atoms with Crippen molar-refractivity contribution in [3.05, 3.63) is 35.5 Å². The van der Waals surface area contributed by atoms with Crippen molar-refractivity contribution in [2.45, 2.75) is 46.2 Å². The van der Waals surface area contributed by atoms with Gasteiger partial charge in [-0.2, -0.15) is 0 Å². The average Bonchev–Trinajstić information content (AvgIpc) is 2.66. The van der Waals surface area contributed by atoms with Gasteiger partial charge in [0.15, 0.2) is 0 Å². The van der Waals surface area contributed by atoms with Crippen LogP contribution in [0.5, 0.6) is 0 Å². The first-order chi connectivity index (χ1) is 8.13. The first kappa shape index (κ1) is 12.2. The summed E-state index contributed by atoms with van der Waals surface area (Å²) in [5.41, 5.74) is 10.0. The Labute approximate surface area is 103 Å². The Bertz CT molecular complexity index is 509. The van der Waals surface area contributed by atoms with Gasteiger partial charge < -0.3 is 10.3 Å². The zero-order valence-electron chi connectivity index (χ0n) is 11.0. The number of nitrogens with two attached hydrogens (primary N) is 1. The van der Waals surface area contributed by atoms with Crippen LogP contribution in [0.15, 0.2) is 24.4 Å². The number of fused-ring (bicyclic) bond motifs is 1. The van der Waals surface area contributed by atoms with Crippen molar-refractivity contribution in [1.82, 2.24) is 4.57 Å². The number of benzene rings is 1. The van der Waals surface area contributed by atoms with Crippen molar-refractivity contribution >= 4 is 10.9 Å². The Kier molecular flexibility index (Phi) is 3.53. The van der Waals surface area contributed by atoms with Crippen LogP contribution < -0.4 is 5.73 Å². The summed E-state index contributed by atoms with van der Waals surface area (Å²) < 4.78 is 2.33. The van der Waals surface area contributed by atoms with Gasteiger partial charge in [-0.3, -0.25) is 0 Å². The third-order valence-corrected chi connectivity index (χ3v) is 3.40. The predicted octanol–water partition coefficient (Wildman–Crippen LogP) is 3.25. The van der Waals surface area contributed by atoms with E-state index in [2.05, 4.69) is 49.7 Å². The molecule has 0 bridgehead atoms. The summed E-state index contributed by atoms with van der Waals surface area (Å²) in [6, 6.07) is 6.82. The van der Waals surface area contributed by atoms with E-state index in [1.54, 1.807) is 0 Å². The summed E-state index contributed by atoms with van der Waals surface area (Å²) in [7, 11) is 0. The van der Waals surface area contributed by atoms with E-state index >= 15 is 0 Å². The van der Waals surface area contributed by atoms with Gasteiger partial charge in [-0.05, 0) is 50.8 Å². The Balaban J connectivity index is 2.47. The summed E-state index contributed by atoms with van der Waals surface area (Å²) in [6.45, 7) is 7.48. The average molecular weight is 230 g/mol. The summed E-state index contributed by atoms with van der Waals surface area (Å²) >= 11 is 0. The Morgan fingerprint density at radius 1 is 1.35 bits per heavy atom. The third kappa shape index (κ3) is 2.37. The molecular formula is C15H22N2. The zero-order chi connectivity index (χ0) is 12.4. The second-order valence-corrected chi connectivity index (χ2v) is 4.93. The molecule has 2 N–H and O–H groups in total. The molecular weight excluding hydrogens is 208 g/mol. The topological polar surface area (TPSA) is 30.9 Å². The Morgan fingerprint density at radius 2 is 2.12 bits per heavy atom. The van der Waals surface area contributed by atoms with E-state index in [0.717, 1.165) is 19.4 Å². The first-order valence-corrected chi connectivity index (χ1v) is 6.46. The molecule has 0 unspecified atom stereocenters. The van der Waals surface area contributed by atoms with Gasteiger partial charge in [-0.1, -0.05) is 12.1 Å². The molecule has 0 saturated carbocycles. The van der Waals surface area contributed by atoms with Crippen LogP contribution in [0.1, 0.15) is 31.4 Å². The maximum Gasteiger partial charge on any atom is 0.0485 e. The van der Waals surface area contributed by atoms with Crippen molar-refractivity contribution in [2.24, 2.45) is 5.73 Å². The highest BCUT2D eigenvalue weighted by molar-refractivity contribution is 5.87. The zero-order valence-corrected chi connectivity index (χ0v) is 11.0. The van der Waals surface area contributed by atoms with Gasteiger partial charge in [0.1, 0.15) is 0 Å². The van der Waals surface area contributed by atoms with Crippen LogP contribution in [-0.2, 0) is 13.0 Å². The first-order valence-electron chi connectivity index (χ1n) is 6.46. The lowest BCUT2D eigenvalue weighted by atomic mass is 10.0. The molecule has 2 rings (SSSR count). The fourth-order valence-electron chi connectivity index (χ4n) is 2.47. The molecule has 2 nitrogen and oxygen atoms in total. The van der Waals surface area contributed by atoms with E-state index in [1.807, 2.05) is 0 Å². The number of aryl methyl sites for hydroxylation is 3. The number of hydrogen-bond donors (Lipinski definition) is 1. The van der Waals surface area contributed by atoms with Gasteiger partial charge >= 0.3 is 0 Å². The molecule has 0 spiro atoms. The molecule has 0 amide bonds. The van der Waals surface area contributed by atoms with Gasteiger partial charge in [0.05, 0.1) is 0 Å². The molecule has 17 heavy (non-hydrogen) atoms. The van der Waals surface area contributed by atoms with Crippen LogP contribution >= 0.6 is 0 Å². The molecule has 1 atom stereocenters. The summed E-state index contributed by atoms with van der Waals surface area (Å²) in [5.74, 6) is 0. The fourth-order valence-corrected chi connectivity index (χ4v) is 2.47. The molecule has 1 aromatic heterocycles. The summed E-state index contributed by atoms with van der Waals surface area (Å²) in [5, 5.41) is 1.43. The molecule has 0 fully saturated rings. The standard InChI is InChI=1S/C15H22N2/c1-4-17-10-13(9-8-12(3)16)15-11(2)6-5-7-14(15)17/h5-7,10,12H,4,8-9,16H2,1-3H3/t12-/m0/s1. The molecule has 2 heteroatoms. The number of rotatable bonds is 4. The fraction of sp³-hybridized carbons (Fsp3) is 0.467. The van der Waals surface area contributed by atoms with Crippen molar-refractivity contribution < 1.29 is 0 Å². The van der Waals surface area contributed by atoms with Gasteiger partial charge in [-0.25, -0.2) is 0 Å². The van der Waals surface area contributed by atoms with E-state index in [0.29, 0.717) is 0 Å². The lowest BCUT2D eigenvalue weighted by molar-refractivity contribution is 0.665. The second kappa shape index (κ2) is 4.92. The molecule has 92 valence electrons. The van der Waals surface area contributed by atoms with Crippen LogP contribution in [0.4, 0.5) is 0 Å². The van der Waals surface area contributed by atoms with Crippen molar-refractivity contribution in [2.75, 3.05) is 0 Å². The van der Waals surface area contributed by atoms with E-state index < -0.39 is 0 Å². The number of aromatic nitrogens is 1. The Hall–Kier alpha value is -1.28. The number of hydrogen-bond acceptors (Lipinski definition) is 1. The largest absolute Gasteiger partial charge is 0.347 e. The maximum atomic E-state index is 5.85. The van der Waals surface area contributed by atoms with Crippen LogP contribution in [0.2, 0.25) is 0 Å². The predicted molar refractivity (Wildman–Crippen MR) is 74.3 cm³/mol. The monoisotopic (exact) mass is 230 g/mol. The smallest absolute Gasteiger partial charge is 0.0485 e. The normalized spacial score (nSPS) is 13.2. The molecule has 2 aromatic rings. The summed E-state index contributed by atoms with van der Waals surface area (Å²) in [6.07, 6.45) is 4.42. The van der Waals surface area contributed by atoms with E-state index in [-0.39, 0.29) is 6.04 Å². The minimum Gasteiger partial charge on any atom is -0.347 e. The Morgan fingerprint density at radius 3 is 2.76 bits per heavy atom. The minimum absolute atomic E-state index is 0.277. The molecule has 1 heterocycles. The van der Waals surface area contributed by atoms with Gasteiger partial charge in [0.2, 0.25) is 0 Å². The van der Waals surface area contributed by atoms with E-state index in [9.17, 15) is 0 Å². The number of nitrogens with zero attached hydrogens (tertiary/aromatic N) is 1.